The maximum atomic E-state index is 12.3. The lowest BCUT2D eigenvalue weighted by molar-refractivity contribution is 0.0734. The highest BCUT2D eigenvalue weighted by Crippen LogP contribution is 2.25. The van der Waals surface area contributed by atoms with E-state index in [9.17, 15) is 13.2 Å². The SMILES string of the molecule is COc1ccc2ccc(OC(=O)c3cccc(S(C)(=O)=O)c3)cc2c1. The first kappa shape index (κ1) is 17.0. The fourth-order valence-corrected chi connectivity index (χ4v) is 3.08. The molecule has 5 nitrogen and oxygen atoms in total. The molecule has 0 aliphatic heterocycles. The minimum Gasteiger partial charge on any atom is -0.497 e. The van der Waals surface area contributed by atoms with Crippen LogP contribution < -0.4 is 9.47 Å². The summed E-state index contributed by atoms with van der Waals surface area (Å²) in [5.41, 5.74) is 0.175. The van der Waals surface area contributed by atoms with Crippen LogP contribution in [0.1, 0.15) is 10.4 Å². The molecule has 3 rings (SSSR count). The third-order valence-corrected chi connectivity index (χ3v) is 4.84. The Balaban J connectivity index is 1.89. The Morgan fingerprint density at radius 3 is 2.24 bits per heavy atom. The minimum absolute atomic E-state index is 0.0743. The van der Waals surface area contributed by atoms with E-state index in [1.807, 2.05) is 24.3 Å². The van der Waals surface area contributed by atoms with Crippen LogP contribution in [-0.2, 0) is 9.84 Å². The first-order valence-electron chi connectivity index (χ1n) is 7.47. The molecule has 0 spiro atoms. The molecule has 0 N–H and O–H groups in total. The van der Waals surface area contributed by atoms with Gasteiger partial charge in [0.25, 0.3) is 0 Å². The molecule has 0 aromatic heterocycles. The van der Waals surface area contributed by atoms with Crippen molar-refractivity contribution in [1.29, 1.82) is 0 Å². The molecule has 0 heterocycles. The number of sulfone groups is 1. The predicted octanol–water partition coefficient (Wildman–Crippen LogP) is 3.47. The molecular formula is C19H16O5S. The van der Waals surface area contributed by atoms with E-state index in [0.29, 0.717) is 11.5 Å². The highest BCUT2D eigenvalue weighted by Gasteiger charge is 2.13. The maximum absolute atomic E-state index is 12.3. The van der Waals surface area contributed by atoms with Crippen LogP contribution in [0.15, 0.2) is 65.6 Å². The smallest absolute Gasteiger partial charge is 0.343 e. The van der Waals surface area contributed by atoms with Gasteiger partial charge in [0.15, 0.2) is 9.84 Å². The molecule has 0 saturated heterocycles. The number of carbonyl (C=O) groups excluding carboxylic acids is 1. The van der Waals surface area contributed by atoms with Crippen LogP contribution in [0.2, 0.25) is 0 Å². The number of benzene rings is 3. The van der Waals surface area contributed by atoms with Gasteiger partial charge in [0.2, 0.25) is 0 Å². The molecular weight excluding hydrogens is 340 g/mol. The van der Waals surface area contributed by atoms with Crippen molar-refractivity contribution >= 4 is 26.6 Å². The van der Waals surface area contributed by atoms with Gasteiger partial charge in [-0.3, -0.25) is 0 Å². The Hall–Kier alpha value is -2.86. The largest absolute Gasteiger partial charge is 0.497 e. The molecule has 25 heavy (non-hydrogen) atoms. The van der Waals surface area contributed by atoms with E-state index in [1.54, 1.807) is 19.2 Å². The van der Waals surface area contributed by atoms with Gasteiger partial charge in [-0.05, 0) is 53.2 Å². The van der Waals surface area contributed by atoms with Gasteiger partial charge in [-0.1, -0.05) is 18.2 Å². The summed E-state index contributed by atoms with van der Waals surface area (Å²) in [5, 5.41) is 1.86. The molecule has 0 unspecified atom stereocenters. The Labute approximate surface area is 145 Å². The Morgan fingerprint density at radius 1 is 0.880 bits per heavy atom. The molecule has 0 aliphatic rings. The highest BCUT2D eigenvalue weighted by atomic mass is 32.2. The second kappa shape index (κ2) is 6.57. The number of esters is 1. The third kappa shape index (κ3) is 3.80. The van der Waals surface area contributed by atoms with E-state index in [2.05, 4.69) is 0 Å². The van der Waals surface area contributed by atoms with Gasteiger partial charge in [-0.2, -0.15) is 0 Å². The molecule has 0 saturated carbocycles. The first-order valence-corrected chi connectivity index (χ1v) is 9.36. The van der Waals surface area contributed by atoms with E-state index >= 15 is 0 Å². The lowest BCUT2D eigenvalue weighted by Gasteiger charge is -2.08. The predicted molar refractivity (Wildman–Crippen MR) is 95.0 cm³/mol. The number of hydrogen-bond donors (Lipinski definition) is 0. The maximum Gasteiger partial charge on any atom is 0.343 e. The number of ether oxygens (including phenoxy) is 2. The zero-order valence-corrected chi connectivity index (χ0v) is 14.5. The van der Waals surface area contributed by atoms with Crippen molar-refractivity contribution in [3.63, 3.8) is 0 Å². The molecule has 0 aliphatic carbocycles. The van der Waals surface area contributed by atoms with Crippen LogP contribution in [-0.4, -0.2) is 27.8 Å². The number of carbonyl (C=O) groups is 1. The van der Waals surface area contributed by atoms with Crippen molar-refractivity contribution < 1.29 is 22.7 Å². The summed E-state index contributed by atoms with van der Waals surface area (Å²) in [4.78, 5) is 12.4. The molecule has 0 atom stereocenters. The van der Waals surface area contributed by atoms with Crippen LogP contribution in [0, 0.1) is 0 Å². The fourth-order valence-electron chi connectivity index (χ4n) is 2.41. The molecule has 3 aromatic rings. The Bertz CT molecular complexity index is 1050. The van der Waals surface area contributed by atoms with Gasteiger partial charge < -0.3 is 9.47 Å². The summed E-state index contributed by atoms with van der Waals surface area (Å²) in [6.07, 6.45) is 1.09. The van der Waals surface area contributed by atoms with Crippen LogP contribution >= 0.6 is 0 Å². The van der Waals surface area contributed by atoms with Gasteiger partial charge in [0.05, 0.1) is 17.6 Å². The fraction of sp³-hybridized carbons (Fsp3) is 0.105. The van der Waals surface area contributed by atoms with Crippen LogP contribution in [0.4, 0.5) is 0 Å². The molecule has 0 radical (unpaired) electrons. The quantitative estimate of drug-likeness (QED) is 0.529. The standard InChI is InChI=1S/C19H16O5S/c1-23-16-8-6-13-7-9-17(11-15(13)10-16)24-19(20)14-4-3-5-18(12-14)25(2,21)22/h3-12H,1-2H3. The molecule has 0 fully saturated rings. The topological polar surface area (TPSA) is 69.7 Å². The van der Waals surface area contributed by atoms with Gasteiger partial charge in [0.1, 0.15) is 11.5 Å². The average Bonchev–Trinajstić information content (AvgIpc) is 2.60. The van der Waals surface area contributed by atoms with E-state index in [0.717, 1.165) is 17.0 Å². The van der Waals surface area contributed by atoms with Crippen LogP contribution in [0.5, 0.6) is 11.5 Å². The number of hydrogen-bond acceptors (Lipinski definition) is 5. The van der Waals surface area contributed by atoms with Crippen LogP contribution in [0.25, 0.3) is 10.8 Å². The first-order chi connectivity index (χ1) is 11.9. The van der Waals surface area contributed by atoms with Crippen molar-refractivity contribution in [1.82, 2.24) is 0 Å². The zero-order valence-electron chi connectivity index (χ0n) is 13.7. The molecule has 3 aromatic carbocycles. The molecule has 0 amide bonds. The van der Waals surface area contributed by atoms with Crippen molar-refractivity contribution in [2.75, 3.05) is 13.4 Å². The summed E-state index contributed by atoms with van der Waals surface area (Å²) < 4.78 is 33.8. The number of rotatable bonds is 4. The summed E-state index contributed by atoms with van der Waals surface area (Å²) in [7, 11) is -1.81. The number of methoxy groups -OCH3 is 1. The second-order valence-electron chi connectivity index (χ2n) is 5.56. The van der Waals surface area contributed by atoms with E-state index in [1.165, 1.54) is 24.3 Å². The Kier molecular flexibility index (Phi) is 4.46. The molecule has 6 heteroatoms. The molecule has 128 valence electrons. The van der Waals surface area contributed by atoms with Gasteiger partial charge in [0, 0.05) is 6.26 Å². The number of fused-ring (bicyclic) bond motifs is 1. The van der Waals surface area contributed by atoms with Gasteiger partial charge in [-0.25, -0.2) is 13.2 Å². The minimum atomic E-state index is -3.39. The van der Waals surface area contributed by atoms with Crippen molar-refractivity contribution in [2.24, 2.45) is 0 Å². The second-order valence-corrected chi connectivity index (χ2v) is 7.58. The molecule has 0 bridgehead atoms. The monoisotopic (exact) mass is 356 g/mol. The summed E-state index contributed by atoms with van der Waals surface area (Å²) in [6, 6.07) is 16.6. The normalized spacial score (nSPS) is 11.3. The third-order valence-electron chi connectivity index (χ3n) is 3.73. The lowest BCUT2D eigenvalue weighted by Crippen LogP contribution is -2.09. The van der Waals surface area contributed by atoms with Crippen molar-refractivity contribution in [3.05, 3.63) is 66.2 Å². The highest BCUT2D eigenvalue weighted by molar-refractivity contribution is 7.90. The van der Waals surface area contributed by atoms with Gasteiger partial charge >= 0.3 is 5.97 Å². The summed E-state index contributed by atoms with van der Waals surface area (Å²) in [6.45, 7) is 0. The van der Waals surface area contributed by atoms with E-state index in [4.69, 9.17) is 9.47 Å². The lowest BCUT2D eigenvalue weighted by atomic mass is 10.1. The van der Waals surface area contributed by atoms with Crippen LogP contribution in [0.3, 0.4) is 0 Å². The zero-order chi connectivity index (χ0) is 18.0. The van der Waals surface area contributed by atoms with E-state index in [-0.39, 0.29) is 10.5 Å². The average molecular weight is 356 g/mol. The summed E-state index contributed by atoms with van der Waals surface area (Å²) >= 11 is 0. The Morgan fingerprint density at radius 2 is 1.56 bits per heavy atom. The van der Waals surface area contributed by atoms with E-state index < -0.39 is 15.8 Å². The summed E-state index contributed by atoms with van der Waals surface area (Å²) in [5.74, 6) is 0.458. The van der Waals surface area contributed by atoms with Gasteiger partial charge in [-0.15, -0.1) is 0 Å². The van der Waals surface area contributed by atoms with Crippen molar-refractivity contribution in [3.8, 4) is 11.5 Å². The van der Waals surface area contributed by atoms with Crippen molar-refractivity contribution in [2.45, 2.75) is 4.90 Å².